The summed E-state index contributed by atoms with van der Waals surface area (Å²) in [6, 6.07) is 21.0. The minimum absolute atomic E-state index is 0.00769. The van der Waals surface area contributed by atoms with Crippen LogP contribution < -0.4 is 9.47 Å². The van der Waals surface area contributed by atoms with E-state index < -0.39 is 10.7 Å². The SMILES string of the molecule is O=Cc1cc2c(c([N+](=O)[O-])c1)OC(c1ccccc1)(c1ccccc1)O2. The molecule has 3 aromatic carbocycles. The van der Waals surface area contributed by atoms with Crippen molar-refractivity contribution in [1.29, 1.82) is 0 Å². The fourth-order valence-electron chi connectivity index (χ4n) is 3.03. The molecule has 0 N–H and O–H groups in total. The summed E-state index contributed by atoms with van der Waals surface area (Å²) in [5, 5.41) is 11.5. The van der Waals surface area contributed by atoms with Crippen molar-refractivity contribution < 1.29 is 19.2 Å². The Morgan fingerprint density at radius 1 is 0.885 bits per heavy atom. The maximum absolute atomic E-state index is 11.5. The molecule has 0 aromatic heterocycles. The lowest BCUT2D eigenvalue weighted by Gasteiger charge is -2.28. The van der Waals surface area contributed by atoms with Gasteiger partial charge in [0, 0.05) is 22.8 Å². The number of carbonyl (C=O) groups excluding carboxylic acids is 1. The molecule has 0 saturated carbocycles. The number of carbonyl (C=O) groups is 1. The molecule has 6 heteroatoms. The zero-order valence-electron chi connectivity index (χ0n) is 13.5. The van der Waals surface area contributed by atoms with E-state index in [1.54, 1.807) is 0 Å². The normalized spacial score (nSPS) is 14.0. The number of aldehydes is 1. The van der Waals surface area contributed by atoms with Crippen LogP contribution in [0.1, 0.15) is 21.5 Å². The second-order valence-corrected chi connectivity index (χ2v) is 5.80. The topological polar surface area (TPSA) is 78.7 Å². The van der Waals surface area contributed by atoms with Crippen molar-refractivity contribution in [3.05, 3.63) is 99.6 Å². The molecule has 0 bridgehead atoms. The van der Waals surface area contributed by atoms with Crippen molar-refractivity contribution in [2.75, 3.05) is 0 Å². The van der Waals surface area contributed by atoms with Crippen molar-refractivity contribution >= 4 is 12.0 Å². The molecule has 0 radical (unpaired) electrons. The van der Waals surface area contributed by atoms with E-state index in [2.05, 4.69) is 0 Å². The molecule has 6 nitrogen and oxygen atoms in total. The van der Waals surface area contributed by atoms with Gasteiger partial charge in [0.05, 0.1) is 4.92 Å². The van der Waals surface area contributed by atoms with Gasteiger partial charge in [-0.25, -0.2) is 0 Å². The zero-order chi connectivity index (χ0) is 18.1. The maximum Gasteiger partial charge on any atom is 0.315 e. The van der Waals surface area contributed by atoms with Gasteiger partial charge >= 0.3 is 11.5 Å². The number of hydrogen-bond donors (Lipinski definition) is 0. The highest BCUT2D eigenvalue weighted by molar-refractivity contribution is 5.80. The maximum atomic E-state index is 11.5. The fourth-order valence-corrected chi connectivity index (χ4v) is 3.03. The van der Waals surface area contributed by atoms with Gasteiger partial charge in [-0.05, 0) is 6.07 Å². The van der Waals surface area contributed by atoms with Crippen LogP contribution in [0.5, 0.6) is 11.5 Å². The van der Waals surface area contributed by atoms with Gasteiger partial charge in [0.25, 0.3) is 0 Å². The number of hydrogen-bond acceptors (Lipinski definition) is 5. The minimum Gasteiger partial charge on any atom is -0.440 e. The monoisotopic (exact) mass is 347 g/mol. The Kier molecular flexibility index (Phi) is 3.65. The van der Waals surface area contributed by atoms with Crippen molar-refractivity contribution in [3.63, 3.8) is 0 Å². The molecule has 0 spiro atoms. The first-order valence-corrected chi connectivity index (χ1v) is 7.91. The Morgan fingerprint density at radius 2 is 1.46 bits per heavy atom. The van der Waals surface area contributed by atoms with Crippen LogP contribution in [0.3, 0.4) is 0 Å². The lowest BCUT2D eigenvalue weighted by molar-refractivity contribution is -0.386. The fraction of sp³-hybridized carbons (Fsp3) is 0.0500. The van der Waals surface area contributed by atoms with E-state index in [1.807, 2.05) is 60.7 Å². The molecule has 3 aromatic rings. The number of nitro groups is 1. The summed E-state index contributed by atoms with van der Waals surface area (Å²) >= 11 is 0. The second kappa shape index (κ2) is 6.00. The Bertz CT molecular complexity index is 946. The van der Waals surface area contributed by atoms with Gasteiger partial charge in [0.1, 0.15) is 6.29 Å². The number of nitrogens with zero attached hydrogens (tertiary/aromatic N) is 1. The molecule has 0 aliphatic carbocycles. The zero-order valence-corrected chi connectivity index (χ0v) is 13.5. The summed E-state index contributed by atoms with van der Waals surface area (Å²) in [6.45, 7) is 0. The highest BCUT2D eigenvalue weighted by Gasteiger charge is 2.48. The third kappa shape index (κ3) is 2.39. The number of benzene rings is 3. The van der Waals surface area contributed by atoms with E-state index in [0.29, 0.717) is 17.4 Å². The average Bonchev–Trinajstić information content (AvgIpc) is 3.09. The molecule has 0 unspecified atom stereocenters. The van der Waals surface area contributed by atoms with E-state index in [1.165, 1.54) is 12.1 Å². The summed E-state index contributed by atoms with van der Waals surface area (Å²) in [6.07, 6.45) is 0.543. The van der Waals surface area contributed by atoms with E-state index in [9.17, 15) is 14.9 Å². The summed E-state index contributed by atoms with van der Waals surface area (Å²) in [4.78, 5) is 22.0. The Hall–Kier alpha value is -3.67. The highest BCUT2D eigenvalue weighted by atomic mass is 16.7. The molecule has 26 heavy (non-hydrogen) atoms. The van der Waals surface area contributed by atoms with Crippen LogP contribution in [0.25, 0.3) is 0 Å². The number of nitro benzene ring substituents is 1. The number of fused-ring (bicyclic) bond motifs is 1. The van der Waals surface area contributed by atoms with Crippen molar-refractivity contribution in [2.45, 2.75) is 5.79 Å². The van der Waals surface area contributed by atoms with Crippen LogP contribution in [0.4, 0.5) is 5.69 Å². The summed E-state index contributed by atoms with van der Waals surface area (Å²) in [7, 11) is 0. The third-order valence-electron chi connectivity index (χ3n) is 4.20. The standard InChI is InChI=1S/C20H13NO5/c22-13-14-11-17(21(23)24)19-18(12-14)25-20(26-19,15-7-3-1-4-8-15)16-9-5-2-6-10-16/h1-13H. The van der Waals surface area contributed by atoms with Crippen molar-refractivity contribution in [1.82, 2.24) is 0 Å². The Morgan fingerprint density at radius 3 is 1.96 bits per heavy atom. The van der Waals surface area contributed by atoms with Crippen LogP contribution in [-0.4, -0.2) is 11.2 Å². The predicted molar refractivity (Wildman–Crippen MR) is 93.4 cm³/mol. The summed E-state index contributed by atoms with van der Waals surface area (Å²) in [5.74, 6) is -1.20. The first-order valence-electron chi connectivity index (χ1n) is 7.91. The molecule has 1 aliphatic heterocycles. The van der Waals surface area contributed by atoms with Crippen molar-refractivity contribution in [2.24, 2.45) is 0 Å². The van der Waals surface area contributed by atoms with E-state index in [4.69, 9.17) is 9.47 Å². The first-order chi connectivity index (χ1) is 12.6. The number of ether oxygens (including phenoxy) is 2. The summed E-state index contributed by atoms with van der Waals surface area (Å²) in [5.41, 5.74) is 1.21. The molecule has 0 atom stereocenters. The Balaban J connectivity index is 1.94. The van der Waals surface area contributed by atoms with Gasteiger partial charge in [-0.2, -0.15) is 0 Å². The quantitative estimate of drug-likeness (QED) is 0.404. The third-order valence-corrected chi connectivity index (χ3v) is 4.20. The van der Waals surface area contributed by atoms with E-state index >= 15 is 0 Å². The summed E-state index contributed by atoms with van der Waals surface area (Å²) < 4.78 is 12.2. The van der Waals surface area contributed by atoms with Crippen LogP contribution in [0.15, 0.2) is 72.8 Å². The molecular formula is C20H13NO5. The van der Waals surface area contributed by atoms with E-state index in [0.717, 1.165) is 0 Å². The van der Waals surface area contributed by atoms with Crippen molar-refractivity contribution in [3.8, 4) is 11.5 Å². The highest BCUT2D eigenvalue weighted by Crippen LogP contribution is 2.51. The van der Waals surface area contributed by atoms with Crippen LogP contribution in [0, 0.1) is 10.1 Å². The van der Waals surface area contributed by atoms with Gasteiger partial charge in [-0.3, -0.25) is 14.9 Å². The predicted octanol–water partition coefficient (Wildman–Crippen LogP) is 4.08. The molecule has 0 saturated heterocycles. The molecule has 0 amide bonds. The molecular weight excluding hydrogens is 334 g/mol. The number of rotatable bonds is 4. The van der Waals surface area contributed by atoms with E-state index in [-0.39, 0.29) is 22.7 Å². The molecule has 0 fully saturated rings. The first kappa shape index (κ1) is 15.8. The smallest absolute Gasteiger partial charge is 0.315 e. The van der Waals surface area contributed by atoms with Gasteiger partial charge in [0.15, 0.2) is 5.75 Å². The minimum atomic E-state index is -1.36. The van der Waals surface area contributed by atoms with Gasteiger partial charge < -0.3 is 9.47 Å². The molecule has 4 rings (SSSR count). The largest absolute Gasteiger partial charge is 0.440 e. The lowest BCUT2D eigenvalue weighted by Crippen LogP contribution is -2.36. The van der Waals surface area contributed by atoms with Gasteiger partial charge in [0.2, 0.25) is 5.75 Å². The van der Waals surface area contributed by atoms with Crippen LogP contribution >= 0.6 is 0 Å². The van der Waals surface area contributed by atoms with Gasteiger partial charge in [-0.15, -0.1) is 0 Å². The molecule has 1 heterocycles. The average molecular weight is 347 g/mol. The Labute approximate surface area is 148 Å². The van der Waals surface area contributed by atoms with Gasteiger partial charge in [-0.1, -0.05) is 60.7 Å². The van der Waals surface area contributed by atoms with Crippen LogP contribution in [0.2, 0.25) is 0 Å². The van der Waals surface area contributed by atoms with Crippen LogP contribution in [-0.2, 0) is 5.79 Å². The second-order valence-electron chi connectivity index (χ2n) is 5.80. The lowest BCUT2D eigenvalue weighted by atomic mass is 9.97. The molecule has 1 aliphatic rings. The molecule has 128 valence electrons.